The van der Waals surface area contributed by atoms with Gasteiger partial charge in [0.05, 0.1) is 28.9 Å². The molecule has 104 valence electrons. The summed E-state index contributed by atoms with van der Waals surface area (Å²) in [7, 11) is 0. The Kier molecular flexibility index (Phi) is 3.17. The van der Waals surface area contributed by atoms with Crippen LogP contribution in [0.15, 0.2) is 4.47 Å². The van der Waals surface area contributed by atoms with Crippen LogP contribution in [0.2, 0.25) is 0 Å². The molecule has 19 heavy (non-hydrogen) atoms. The van der Waals surface area contributed by atoms with Crippen LogP contribution in [0.5, 0.6) is 0 Å². The van der Waals surface area contributed by atoms with Crippen LogP contribution < -0.4 is 0 Å². The molecule has 0 unspecified atom stereocenters. The van der Waals surface area contributed by atoms with Crippen LogP contribution >= 0.6 is 15.9 Å². The molecule has 0 bridgehead atoms. The molecule has 1 aliphatic carbocycles. The molecular formula is C13H18BrN3O2. The number of H-pyrrole nitrogens is 1. The zero-order valence-corrected chi connectivity index (χ0v) is 12.8. The van der Waals surface area contributed by atoms with Gasteiger partial charge in [-0.25, -0.2) is 0 Å². The zero-order chi connectivity index (χ0) is 13.6. The Bertz CT molecular complexity index is 508. The van der Waals surface area contributed by atoms with E-state index in [1.165, 1.54) is 12.8 Å². The molecule has 1 saturated heterocycles. The van der Waals surface area contributed by atoms with Crippen LogP contribution in [-0.4, -0.2) is 46.3 Å². The summed E-state index contributed by atoms with van der Waals surface area (Å²) in [6, 6.07) is 0. The molecule has 1 amide bonds. The van der Waals surface area contributed by atoms with Crippen molar-refractivity contribution in [1.29, 1.82) is 0 Å². The van der Waals surface area contributed by atoms with Crippen LogP contribution in [0.4, 0.5) is 0 Å². The van der Waals surface area contributed by atoms with Crippen molar-refractivity contribution in [2.45, 2.75) is 38.1 Å². The minimum absolute atomic E-state index is 0.0247. The molecule has 5 nitrogen and oxygen atoms in total. The second-order valence-electron chi connectivity index (χ2n) is 5.90. The first kappa shape index (κ1) is 13.1. The first-order valence-corrected chi connectivity index (χ1v) is 7.43. The Morgan fingerprint density at radius 1 is 1.53 bits per heavy atom. The van der Waals surface area contributed by atoms with Crippen molar-refractivity contribution in [3.8, 4) is 0 Å². The lowest BCUT2D eigenvalue weighted by Crippen LogP contribution is -2.55. The van der Waals surface area contributed by atoms with E-state index < -0.39 is 0 Å². The van der Waals surface area contributed by atoms with Gasteiger partial charge in [0.1, 0.15) is 0 Å². The Labute approximate surface area is 120 Å². The van der Waals surface area contributed by atoms with Gasteiger partial charge in [0.2, 0.25) is 0 Å². The molecule has 0 radical (unpaired) electrons. The highest BCUT2D eigenvalue weighted by Gasteiger charge is 2.38. The van der Waals surface area contributed by atoms with E-state index >= 15 is 0 Å². The third-order valence-corrected chi connectivity index (χ3v) is 4.61. The molecule has 1 aromatic heterocycles. The van der Waals surface area contributed by atoms with E-state index in [-0.39, 0.29) is 11.4 Å². The maximum Gasteiger partial charge on any atom is 0.276 e. The van der Waals surface area contributed by atoms with E-state index in [4.69, 9.17) is 4.74 Å². The number of carbonyl (C=O) groups is 1. The standard InChI is InChI=1S/C13H18BrN3O2/c1-13(2)7-19-6-5-17(13)12(18)11-9(14)10(15-16-11)8-3-4-8/h8H,3-7H2,1-2H3,(H,15,16). The number of amides is 1. The maximum absolute atomic E-state index is 12.7. The average Bonchev–Trinajstić information content (AvgIpc) is 3.12. The third-order valence-electron chi connectivity index (χ3n) is 3.81. The molecule has 6 heteroatoms. The lowest BCUT2D eigenvalue weighted by Gasteiger charge is -2.41. The fourth-order valence-electron chi connectivity index (χ4n) is 2.49. The number of carbonyl (C=O) groups excluding carboxylic acids is 1. The molecule has 1 aliphatic heterocycles. The molecule has 3 rings (SSSR count). The largest absolute Gasteiger partial charge is 0.377 e. The number of morpholine rings is 1. The number of hydrogen-bond donors (Lipinski definition) is 1. The summed E-state index contributed by atoms with van der Waals surface area (Å²) in [6.45, 7) is 5.81. The molecule has 1 saturated carbocycles. The quantitative estimate of drug-likeness (QED) is 0.906. The van der Waals surface area contributed by atoms with E-state index in [2.05, 4.69) is 26.1 Å². The summed E-state index contributed by atoms with van der Waals surface area (Å²) >= 11 is 3.52. The van der Waals surface area contributed by atoms with Gasteiger partial charge in [0.25, 0.3) is 5.91 Å². The second-order valence-corrected chi connectivity index (χ2v) is 6.69. The zero-order valence-electron chi connectivity index (χ0n) is 11.2. The van der Waals surface area contributed by atoms with Crippen LogP contribution in [0.1, 0.15) is 48.8 Å². The van der Waals surface area contributed by atoms with Crippen molar-refractivity contribution in [2.75, 3.05) is 19.8 Å². The molecule has 1 aromatic rings. The van der Waals surface area contributed by atoms with Crippen LogP contribution in [0.25, 0.3) is 0 Å². The monoisotopic (exact) mass is 327 g/mol. The summed E-state index contributed by atoms with van der Waals surface area (Å²) in [5.41, 5.74) is 1.28. The van der Waals surface area contributed by atoms with Crippen LogP contribution in [0, 0.1) is 0 Å². The van der Waals surface area contributed by atoms with E-state index in [9.17, 15) is 4.79 Å². The second kappa shape index (κ2) is 4.59. The van der Waals surface area contributed by atoms with Crippen molar-refractivity contribution in [1.82, 2.24) is 15.1 Å². The molecule has 1 N–H and O–H groups in total. The average molecular weight is 328 g/mol. The smallest absolute Gasteiger partial charge is 0.276 e. The first-order valence-electron chi connectivity index (χ1n) is 6.64. The predicted octanol–water partition coefficient (Wildman–Crippen LogP) is 2.30. The summed E-state index contributed by atoms with van der Waals surface area (Å²) in [6.07, 6.45) is 2.36. The van der Waals surface area contributed by atoms with Crippen molar-refractivity contribution in [3.63, 3.8) is 0 Å². The van der Waals surface area contributed by atoms with Gasteiger partial charge in [-0.05, 0) is 42.6 Å². The van der Waals surface area contributed by atoms with Gasteiger partial charge in [0, 0.05) is 12.5 Å². The van der Waals surface area contributed by atoms with Gasteiger partial charge in [-0.15, -0.1) is 0 Å². The third kappa shape index (κ3) is 2.31. The Balaban J connectivity index is 1.87. The predicted molar refractivity (Wildman–Crippen MR) is 74.2 cm³/mol. The van der Waals surface area contributed by atoms with Crippen LogP contribution in [-0.2, 0) is 4.74 Å². The molecule has 0 spiro atoms. The summed E-state index contributed by atoms with van der Waals surface area (Å²) in [4.78, 5) is 14.5. The van der Waals surface area contributed by atoms with Gasteiger partial charge < -0.3 is 9.64 Å². The minimum atomic E-state index is -0.284. The van der Waals surface area contributed by atoms with Gasteiger partial charge >= 0.3 is 0 Å². The minimum Gasteiger partial charge on any atom is -0.377 e. The number of ether oxygens (including phenoxy) is 1. The van der Waals surface area contributed by atoms with Crippen molar-refractivity contribution in [2.24, 2.45) is 0 Å². The number of hydrogen-bond acceptors (Lipinski definition) is 3. The highest BCUT2D eigenvalue weighted by molar-refractivity contribution is 9.10. The lowest BCUT2D eigenvalue weighted by atomic mass is 10.0. The molecule has 2 fully saturated rings. The lowest BCUT2D eigenvalue weighted by molar-refractivity contribution is -0.0373. The number of aromatic amines is 1. The number of nitrogens with one attached hydrogen (secondary N) is 1. The number of halogens is 1. The molecule has 2 aliphatic rings. The fourth-order valence-corrected chi connectivity index (χ4v) is 3.16. The van der Waals surface area contributed by atoms with Gasteiger partial charge in [-0.3, -0.25) is 9.89 Å². The van der Waals surface area contributed by atoms with Crippen molar-refractivity contribution < 1.29 is 9.53 Å². The van der Waals surface area contributed by atoms with Crippen molar-refractivity contribution in [3.05, 3.63) is 15.9 Å². The topological polar surface area (TPSA) is 58.2 Å². The van der Waals surface area contributed by atoms with Crippen LogP contribution in [0.3, 0.4) is 0 Å². The summed E-state index contributed by atoms with van der Waals surface area (Å²) in [5, 5.41) is 7.22. The summed E-state index contributed by atoms with van der Waals surface area (Å²) < 4.78 is 6.29. The Hall–Kier alpha value is -0.880. The SMILES string of the molecule is CC1(C)COCCN1C(=O)c1n[nH]c(C2CC2)c1Br. The first-order chi connectivity index (χ1) is 9.00. The van der Waals surface area contributed by atoms with Gasteiger partial charge in [-0.2, -0.15) is 5.10 Å². The van der Waals surface area contributed by atoms with E-state index in [0.29, 0.717) is 31.4 Å². The van der Waals surface area contributed by atoms with E-state index in [1.807, 2.05) is 18.7 Å². The number of aromatic nitrogens is 2. The van der Waals surface area contributed by atoms with Crippen molar-refractivity contribution >= 4 is 21.8 Å². The molecule has 2 heterocycles. The highest BCUT2D eigenvalue weighted by Crippen LogP contribution is 2.43. The van der Waals surface area contributed by atoms with E-state index in [1.54, 1.807) is 0 Å². The van der Waals surface area contributed by atoms with E-state index in [0.717, 1.165) is 10.2 Å². The Morgan fingerprint density at radius 2 is 2.26 bits per heavy atom. The maximum atomic E-state index is 12.7. The number of rotatable bonds is 2. The molecule has 0 aromatic carbocycles. The fraction of sp³-hybridized carbons (Fsp3) is 0.692. The normalized spacial score (nSPS) is 22.6. The Morgan fingerprint density at radius 3 is 2.89 bits per heavy atom. The number of nitrogens with zero attached hydrogens (tertiary/aromatic N) is 2. The molecule has 0 atom stereocenters. The van der Waals surface area contributed by atoms with Gasteiger partial charge in [-0.1, -0.05) is 0 Å². The van der Waals surface area contributed by atoms with Gasteiger partial charge in [0.15, 0.2) is 5.69 Å². The highest BCUT2D eigenvalue weighted by atomic mass is 79.9. The summed E-state index contributed by atoms with van der Waals surface area (Å²) in [5.74, 6) is 0.518. The molecular weight excluding hydrogens is 310 g/mol.